The third kappa shape index (κ3) is 9.63. The van der Waals surface area contributed by atoms with Crippen LogP contribution in [0, 0.1) is 0 Å². The zero-order chi connectivity index (χ0) is 17.9. The first-order chi connectivity index (χ1) is 11.4. The number of nitrogens with one attached hydrogen (secondary N) is 3. The molecule has 9 heteroatoms. The van der Waals surface area contributed by atoms with Crippen LogP contribution in [-0.2, 0) is 4.79 Å². The van der Waals surface area contributed by atoms with Crippen LogP contribution in [0.1, 0.15) is 17.3 Å². The van der Waals surface area contributed by atoms with Gasteiger partial charge in [-0.05, 0) is 25.1 Å². The van der Waals surface area contributed by atoms with Crippen LogP contribution < -0.4 is 16.0 Å². The van der Waals surface area contributed by atoms with Crippen LogP contribution in [0.5, 0.6) is 0 Å². The molecule has 0 atom stereocenters. The second kappa shape index (κ2) is 12.9. The maximum absolute atomic E-state index is 12.0. The summed E-state index contributed by atoms with van der Waals surface area (Å²) in [6, 6.07) is 7.20. The molecule has 0 heterocycles. The first kappa shape index (κ1) is 23.6. The Bertz CT molecular complexity index is 596. The average Bonchev–Trinajstić information content (AvgIpc) is 2.55. The number of amides is 2. The summed E-state index contributed by atoms with van der Waals surface area (Å²) < 4.78 is 0.861. The van der Waals surface area contributed by atoms with Gasteiger partial charge in [-0.3, -0.25) is 9.59 Å². The molecule has 0 fully saturated rings. The lowest BCUT2D eigenvalue weighted by atomic mass is 10.2. The second-order valence-corrected chi connectivity index (χ2v) is 6.09. The zero-order valence-corrected chi connectivity index (χ0v) is 18.6. The smallest absolute Gasteiger partial charge is 0.251 e. The predicted octanol–water partition coefficient (Wildman–Crippen LogP) is 1.44. The standard InChI is InChI=1S/C16H24BrN5O2.HI/c1-4-18-16(21-11-14(23)22(2)3)20-9-8-19-15(24)12-6-5-7-13(17)10-12;/h5-7,10H,4,8-9,11H2,1-3H3,(H,19,24)(H2,18,20,21);1H. The summed E-state index contributed by atoms with van der Waals surface area (Å²) in [5.74, 6) is 0.336. The number of carbonyl (C=O) groups is 2. The van der Waals surface area contributed by atoms with Crippen LogP contribution in [0.4, 0.5) is 0 Å². The van der Waals surface area contributed by atoms with E-state index >= 15 is 0 Å². The van der Waals surface area contributed by atoms with Gasteiger partial charge in [-0.25, -0.2) is 4.99 Å². The number of likely N-dealkylation sites (N-methyl/N-ethyl adjacent to an activating group) is 1. The summed E-state index contributed by atoms with van der Waals surface area (Å²) in [6.45, 7) is 3.65. The number of carbonyl (C=O) groups excluding carboxylic acids is 2. The lowest BCUT2D eigenvalue weighted by Gasteiger charge is -2.13. The number of rotatable bonds is 7. The van der Waals surface area contributed by atoms with E-state index < -0.39 is 0 Å². The fraction of sp³-hybridized carbons (Fsp3) is 0.438. The van der Waals surface area contributed by atoms with Gasteiger partial charge in [0.1, 0.15) is 6.54 Å². The molecule has 2 amide bonds. The zero-order valence-electron chi connectivity index (χ0n) is 14.6. The molecule has 0 aliphatic rings. The number of hydrogen-bond donors (Lipinski definition) is 3. The quantitative estimate of drug-likeness (QED) is 0.218. The van der Waals surface area contributed by atoms with Crippen molar-refractivity contribution in [2.24, 2.45) is 4.99 Å². The minimum Gasteiger partial charge on any atom is -0.357 e. The van der Waals surface area contributed by atoms with E-state index in [9.17, 15) is 9.59 Å². The van der Waals surface area contributed by atoms with Crippen molar-refractivity contribution in [3.8, 4) is 0 Å². The van der Waals surface area contributed by atoms with Crippen LogP contribution in [0.25, 0.3) is 0 Å². The number of hydrogen-bond acceptors (Lipinski definition) is 3. The number of guanidine groups is 1. The molecule has 25 heavy (non-hydrogen) atoms. The van der Waals surface area contributed by atoms with Gasteiger partial charge >= 0.3 is 0 Å². The molecule has 0 saturated heterocycles. The summed E-state index contributed by atoms with van der Waals surface area (Å²) in [4.78, 5) is 29.3. The predicted molar refractivity (Wildman–Crippen MR) is 115 cm³/mol. The van der Waals surface area contributed by atoms with Crippen LogP contribution in [0.15, 0.2) is 33.7 Å². The Labute approximate surface area is 174 Å². The van der Waals surface area contributed by atoms with E-state index in [0.29, 0.717) is 31.2 Å². The highest BCUT2D eigenvalue weighted by molar-refractivity contribution is 14.0. The van der Waals surface area contributed by atoms with Crippen molar-refractivity contribution in [1.82, 2.24) is 20.9 Å². The van der Waals surface area contributed by atoms with Gasteiger partial charge in [-0.15, -0.1) is 24.0 Å². The molecule has 0 unspecified atom stereocenters. The SMILES string of the molecule is CCNC(=NCC(=O)N(C)C)NCCNC(=O)c1cccc(Br)c1.I. The van der Waals surface area contributed by atoms with E-state index in [1.165, 1.54) is 4.90 Å². The molecule has 0 saturated carbocycles. The summed E-state index contributed by atoms with van der Waals surface area (Å²) in [6.07, 6.45) is 0. The van der Waals surface area contributed by atoms with E-state index in [4.69, 9.17) is 0 Å². The number of nitrogens with zero attached hydrogens (tertiary/aromatic N) is 2. The molecule has 1 aromatic carbocycles. The van der Waals surface area contributed by atoms with Crippen molar-refractivity contribution in [3.63, 3.8) is 0 Å². The summed E-state index contributed by atoms with van der Waals surface area (Å²) >= 11 is 3.34. The van der Waals surface area contributed by atoms with Gasteiger partial charge in [0.05, 0.1) is 0 Å². The Morgan fingerprint density at radius 3 is 2.44 bits per heavy atom. The Hall–Kier alpha value is -1.36. The van der Waals surface area contributed by atoms with Crippen molar-refractivity contribution in [1.29, 1.82) is 0 Å². The maximum Gasteiger partial charge on any atom is 0.251 e. The second-order valence-electron chi connectivity index (χ2n) is 5.18. The summed E-state index contributed by atoms with van der Waals surface area (Å²) in [7, 11) is 3.38. The van der Waals surface area contributed by atoms with E-state index in [1.54, 1.807) is 26.2 Å². The highest BCUT2D eigenvalue weighted by Gasteiger charge is 2.06. The minimum absolute atomic E-state index is 0. The summed E-state index contributed by atoms with van der Waals surface area (Å²) in [5, 5.41) is 8.96. The molecule has 0 aliphatic carbocycles. The molecule has 0 spiro atoms. The van der Waals surface area contributed by atoms with Crippen LogP contribution in [-0.4, -0.2) is 62.9 Å². The highest BCUT2D eigenvalue weighted by Crippen LogP contribution is 2.11. The topological polar surface area (TPSA) is 85.8 Å². The van der Waals surface area contributed by atoms with Crippen molar-refractivity contribution in [2.45, 2.75) is 6.92 Å². The Kier molecular flexibility index (Phi) is 12.2. The van der Waals surface area contributed by atoms with Crippen LogP contribution in [0.3, 0.4) is 0 Å². The van der Waals surface area contributed by atoms with Crippen LogP contribution in [0.2, 0.25) is 0 Å². The monoisotopic (exact) mass is 525 g/mol. The van der Waals surface area contributed by atoms with Gasteiger partial charge in [0, 0.05) is 43.8 Å². The number of benzene rings is 1. The Balaban J connectivity index is 0.00000576. The van der Waals surface area contributed by atoms with Gasteiger partial charge in [0.15, 0.2) is 5.96 Å². The molecular weight excluding hydrogens is 501 g/mol. The fourth-order valence-electron chi connectivity index (χ4n) is 1.72. The summed E-state index contributed by atoms with van der Waals surface area (Å²) in [5.41, 5.74) is 0.599. The molecule has 140 valence electrons. The number of aliphatic imine (C=N–C) groups is 1. The van der Waals surface area contributed by atoms with E-state index in [0.717, 1.165) is 4.47 Å². The van der Waals surface area contributed by atoms with Gasteiger partial charge in [-0.1, -0.05) is 22.0 Å². The van der Waals surface area contributed by atoms with E-state index in [2.05, 4.69) is 36.9 Å². The van der Waals surface area contributed by atoms with Gasteiger partial charge in [0.2, 0.25) is 5.91 Å². The molecule has 7 nitrogen and oxygen atoms in total. The van der Waals surface area contributed by atoms with Gasteiger partial charge in [-0.2, -0.15) is 0 Å². The van der Waals surface area contributed by atoms with Crippen molar-refractivity contribution in [2.75, 3.05) is 40.3 Å². The maximum atomic E-state index is 12.0. The van der Waals surface area contributed by atoms with Gasteiger partial charge < -0.3 is 20.9 Å². The molecule has 1 rings (SSSR count). The van der Waals surface area contributed by atoms with E-state index in [-0.39, 0.29) is 42.3 Å². The molecular formula is C16H25BrIN5O2. The van der Waals surface area contributed by atoms with Crippen molar-refractivity contribution < 1.29 is 9.59 Å². The highest BCUT2D eigenvalue weighted by atomic mass is 127. The molecule has 0 radical (unpaired) electrons. The first-order valence-electron chi connectivity index (χ1n) is 7.70. The molecule has 0 aromatic heterocycles. The largest absolute Gasteiger partial charge is 0.357 e. The lowest BCUT2D eigenvalue weighted by Crippen LogP contribution is -2.42. The van der Waals surface area contributed by atoms with Crippen molar-refractivity contribution in [3.05, 3.63) is 34.3 Å². The Morgan fingerprint density at radius 1 is 1.16 bits per heavy atom. The minimum atomic E-state index is -0.136. The molecule has 1 aromatic rings. The third-order valence-corrected chi connectivity index (χ3v) is 3.50. The lowest BCUT2D eigenvalue weighted by molar-refractivity contribution is -0.127. The fourth-order valence-corrected chi connectivity index (χ4v) is 2.12. The molecule has 0 aliphatic heterocycles. The molecule has 0 bridgehead atoms. The average molecular weight is 526 g/mol. The van der Waals surface area contributed by atoms with Gasteiger partial charge in [0.25, 0.3) is 5.91 Å². The molecule has 3 N–H and O–H groups in total. The van der Waals surface area contributed by atoms with Crippen LogP contribution >= 0.6 is 39.9 Å². The normalized spacial score (nSPS) is 10.5. The van der Waals surface area contributed by atoms with Crippen molar-refractivity contribution >= 4 is 57.7 Å². The first-order valence-corrected chi connectivity index (χ1v) is 8.49. The van der Waals surface area contributed by atoms with E-state index in [1.807, 2.05) is 19.1 Å². The third-order valence-electron chi connectivity index (χ3n) is 3.01. The Morgan fingerprint density at radius 2 is 1.84 bits per heavy atom. The number of halogens is 2.